The predicted molar refractivity (Wildman–Crippen MR) is 76.8 cm³/mol. The second kappa shape index (κ2) is 4.80. The standard InChI is InChI=1S/C14H26O5Si/c1-13(2,3)20(4,5)19-9-7-6-8-14(9)11(16)10(15)12(17)18-14/h9-11,15-16H,6-8H2,1-5H3/t9-,10-,11+,14-/m1/s1. The summed E-state index contributed by atoms with van der Waals surface area (Å²) in [6.45, 7) is 10.7. The fourth-order valence-corrected chi connectivity index (χ4v) is 4.20. The maximum Gasteiger partial charge on any atom is 0.338 e. The lowest BCUT2D eigenvalue weighted by atomic mass is 9.92. The van der Waals surface area contributed by atoms with E-state index >= 15 is 0 Å². The van der Waals surface area contributed by atoms with E-state index in [9.17, 15) is 15.0 Å². The van der Waals surface area contributed by atoms with Crippen molar-refractivity contribution < 1.29 is 24.2 Å². The number of carbonyl (C=O) groups is 1. The van der Waals surface area contributed by atoms with E-state index in [0.29, 0.717) is 6.42 Å². The zero-order valence-corrected chi connectivity index (χ0v) is 14.0. The molecule has 1 saturated carbocycles. The highest BCUT2D eigenvalue weighted by atomic mass is 28.4. The van der Waals surface area contributed by atoms with Crippen molar-refractivity contribution in [3.05, 3.63) is 0 Å². The Balaban J connectivity index is 2.23. The van der Waals surface area contributed by atoms with Crippen LogP contribution in [0.3, 0.4) is 0 Å². The lowest BCUT2D eigenvalue weighted by Gasteiger charge is -2.42. The zero-order chi connectivity index (χ0) is 15.3. The van der Waals surface area contributed by atoms with E-state index in [2.05, 4.69) is 33.9 Å². The van der Waals surface area contributed by atoms with Crippen molar-refractivity contribution in [1.29, 1.82) is 0 Å². The lowest BCUT2D eigenvalue weighted by Crippen LogP contribution is -2.55. The van der Waals surface area contributed by atoms with Gasteiger partial charge in [0.05, 0.1) is 6.10 Å². The molecular formula is C14H26O5Si. The molecule has 0 unspecified atom stereocenters. The van der Waals surface area contributed by atoms with E-state index in [0.717, 1.165) is 12.8 Å². The largest absolute Gasteiger partial charge is 0.451 e. The number of aliphatic hydroxyl groups excluding tert-OH is 2. The minimum absolute atomic E-state index is 0.0446. The van der Waals surface area contributed by atoms with Gasteiger partial charge in [0, 0.05) is 0 Å². The number of hydrogen-bond donors (Lipinski definition) is 2. The number of ether oxygens (including phenoxy) is 1. The summed E-state index contributed by atoms with van der Waals surface area (Å²) in [4.78, 5) is 11.6. The summed E-state index contributed by atoms with van der Waals surface area (Å²) in [7, 11) is -2.02. The molecule has 0 radical (unpaired) electrons. The summed E-state index contributed by atoms with van der Waals surface area (Å²) in [6, 6.07) is 0. The highest BCUT2D eigenvalue weighted by molar-refractivity contribution is 6.74. The molecule has 1 aliphatic heterocycles. The Morgan fingerprint density at radius 2 is 1.95 bits per heavy atom. The van der Waals surface area contributed by atoms with Crippen LogP contribution in [0.5, 0.6) is 0 Å². The van der Waals surface area contributed by atoms with E-state index in [1.807, 2.05) is 0 Å². The summed E-state index contributed by atoms with van der Waals surface area (Å²) in [6.07, 6.45) is -0.818. The van der Waals surface area contributed by atoms with E-state index in [1.165, 1.54) is 0 Å². The van der Waals surface area contributed by atoms with Gasteiger partial charge in [0.2, 0.25) is 0 Å². The van der Waals surface area contributed by atoms with Crippen LogP contribution >= 0.6 is 0 Å². The molecule has 2 fully saturated rings. The molecule has 0 amide bonds. The third-order valence-corrected chi connectivity index (χ3v) is 9.64. The van der Waals surface area contributed by atoms with Gasteiger partial charge in [-0.3, -0.25) is 0 Å². The summed E-state index contributed by atoms with van der Waals surface area (Å²) in [5, 5.41) is 20.0. The Morgan fingerprint density at radius 1 is 1.35 bits per heavy atom. The van der Waals surface area contributed by atoms with Gasteiger partial charge in [-0.25, -0.2) is 4.79 Å². The predicted octanol–water partition coefficient (Wildman–Crippen LogP) is 1.58. The Labute approximate surface area is 121 Å². The van der Waals surface area contributed by atoms with Crippen LogP contribution in [0.1, 0.15) is 40.0 Å². The van der Waals surface area contributed by atoms with Crippen molar-refractivity contribution in [3.63, 3.8) is 0 Å². The van der Waals surface area contributed by atoms with Gasteiger partial charge in [0.1, 0.15) is 6.10 Å². The molecule has 0 aromatic carbocycles. The molecule has 116 valence electrons. The van der Waals surface area contributed by atoms with Crippen LogP contribution in [0.4, 0.5) is 0 Å². The molecule has 0 aromatic heterocycles. The van der Waals surface area contributed by atoms with Gasteiger partial charge in [-0.1, -0.05) is 20.8 Å². The fourth-order valence-electron chi connectivity index (χ4n) is 2.82. The van der Waals surface area contributed by atoms with E-state index in [-0.39, 0.29) is 11.1 Å². The maximum atomic E-state index is 11.6. The van der Waals surface area contributed by atoms with Gasteiger partial charge in [0.15, 0.2) is 20.0 Å². The first-order valence-corrected chi connectivity index (χ1v) is 10.2. The SMILES string of the molecule is CC(C)(C)[Si](C)(C)O[C@@H]1CCC[C@@]12OC(=O)[C@H](O)[C@@H]2O. The Morgan fingerprint density at radius 3 is 2.40 bits per heavy atom. The van der Waals surface area contributed by atoms with Crippen LogP contribution < -0.4 is 0 Å². The number of esters is 1. The molecule has 4 atom stereocenters. The molecule has 0 aromatic rings. The summed E-state index contributed by atoms with van der Waals surface area (Å²) in [5.41, 5.74) is -1.05. The minimum atomic E-state index is -2.02. The van der Waals surface area contributed by atoms with E-state index in [1.54, 1.807) is 0 Å². The van der Waals surface area contributed by atoms with Crippen molar-refractivity contribution in [2.45, 2.75) is 82.1 Å². The highest BCUT2D eigenvalue weighted by Gasteiger charge is 2.62. The smallest absolute Gasteiger partial charge is 0.338 e. The van der Waals surface area contributed by atoms with Crippen molar-refractivity contribution in [1.82, 2.24) is 0 Å². The van der Waals surface area contributed by atoms with Crippen LogP contribution in [0.15, 0.2) is 0 Å². The van der Waals surface area contributed by atoms with Crippen molar-refractivity contribution in [2.75, 3.05) is 0 Å². The van der Waals surface area contributed by atoms with Crippen LogP contribution in [-0.4, -0.2) is 48.4 Å². The summed E-state index contributed by atoms with van der Waals surface area (Å²) in [5.74, 6) is -0.733. The van der Waals surface area contributed by atoms with Gasteiger partial charge < -0.3 is 19.4 Å². The number of rotatable bonds is 2. The third-order valence-electron chi connectivity index (χ3n) is 5.15. The van der Waals surface area contributed by atoms with Crippen LogP contribution in [0, 0.1) is 0 Å². The van der Waals surface area contributed by atoms with Gasteiger partial charge in [0.25, 0.3) is 0 Å². The fraction of sp³-hybridized carbons (Fsp3) is 0.929. The zero-order valence-electron chi connectivity index (χ0n) is 13.0. The topological polar surface area (TPSA) is 76.0 Å². The minimum Gasteiger partial charge on any atom is -0.451 e. The monoisotopic (exact) mass is 302 g/mol. The quantitative estimate of drug-likeness (QED) is 0.598. The van der Waals surface area contributed by atoms with Crippen molar-refractivity contribution >= 4 is 14.3 Å². The lowest BCUT2D eigenvalue weighted by molar-refractivity contribution is -0.161. The first-order valence-electron chi connectivity index (χ1n) is 7.28. The normalized spacial score (nSPS) is 38.5. The van der Waals surface area contributed by atoms with E-state index in [4.69, 9.17) is 9.16 Å². The highest BCUT2D eigenvalue weighted by Crippen LogP contribution is 2.47. The van der Waals surface area contributed by atoms with E-state index < -0.39 is 32.1 Å². The molecule has 2 rings (SSSR count). The van der Waals surface area contributed by atoms with Gasteiger partial charge in [-0.2, -0.15) is 0 Å². The van der Waals surface area contributed by atoms with Crippen molar-refractivity contribution in [3.8, 4) is 0 Å². The second-order valence-electron chi connectivity index (χ2n) is 7.52. The number of aliphatic hydroxyl groups is 2. The van der Waals surface area contributed by atoms with Gasteiger partial charge in [-0.05, 0) is 37.4 Å². The van der Waals surface area contributed by atoms with Gasteiger partial charge >= 0.3 is 5.97 Å². The molecule has 1 aliphatic carbocycles. The molecular weight excluding hydrogens is 276 g/mol. The second-order valence-corrected chi connectivity index (χ2v) is 12.3. The van der Waals surface area contributed by atoms with Crippen LogP contribution in [0.25, 0.3) is 0 Å². The first-order chi connectivity index (χ1) is 9.01. The molecule has 2 aliphatic rings. The average molecular weight is 302 g/mol. The molecule has 20 heavy (non-hydrogen) atoms. The molecule has 5 nitrogen and oxygen atoms in total. The molecule has 1 spiro atoms. The van der Waals surface area contributed by atoms with Gasteiger partial charge in [-0.15, -0.1) is 0 Å². The number of carbonyl (C=O) groups excluding carboxylic acids is 1. The van der Waals surface area contributed by atoms with Crippen LogP contribution in [-0.2, 0) is 14.0 Å². The Bertz CT molecular complexity index is 403. The maximum absolute atomic E-state index is 11.6. The molecule has 6 heteroatoms. The average Bonchev–Trinajstić information content (AvgIpc) is 2.77. The molecule has 1 saturated heterocycles. The Kier molecular flexibility index (Phi) is 3.82. The first kappa shape index (κ1) is 15.9. The number of hydrogen-bond acceptors (Lipinski definition) is 5. The summed E-state index contributed by atoms with van der Waals surface area (Å²) >= 11 is 0. The third kappa shape index (κ3) is 2.32. The molecule has 0 bridgehead atoms. The van der Waals surface area contributed by atoms with Crippen LogP contribution in [0.2, 0.25) is 18.1 Å². The molecule has 2 N–H and O–H groups in total. The van der Waals surface area contributed by atoms with Crippen molar-refractivity contribution in [2.24, 2.45) is 0 Å². The Hall–Kier alpha value is -0.433. The summed E-state index contributed by atoms with van der Waals surface area (Å²) < 4.78 is 11.7. The molecule has 1 heterocycles.